The van der Waals surface area contributed by atoms with Gasteiger partial charge in [-0.2, -0.15) is 0 Å². The first-order chi connectivity index (χ1) is 18.5. The maximum Gasteiger partial charge on any atom is 0.305 e. The zero-order valence-electron chi connectivity index (χ0n) is 22.8. The number of alkyl halides is 1. The Hall–Kier alpha value is -2.24. The average molecular weight is 640 g/mol. The maximum atomic E-state index is 12.0. The second kappa shape index (κ2) is 14.1. The number of carbonyl (C=O) groups excluding carboxylic acids is 2. The van der Waals surface area contributed by atoms with E-state index in [2.05, 4.69) is 0 Å². The molecule has 0 spiro atoms. The van der Waals surface area contributed by atoms with Crippen LogP contribution in [0.5, 0.6) is 11.5 Å². The zero-order valence-corrected chi connectivity index (χ0v) is 25.9. The number of ether oxygens (including phenoxy) is 4. The van der Waals surface area contributed by atoms with E-state index in [4.69, 9.17) is 53.8 Å². The standard InChI is InChI=1S/C27H33Cl3O9S/c1-6-40(34,35)14-22(38-17(2)31)13-36-21-9-7-19(8-10-21)26(4,5)20-11-23(29)25(24(30)12-20)37-16-27(33,15-28)39-18(3)32/h7-12,22,33H,6,13-16H2,1-5H3/t22-,27?/m0/s1. The van der Waals surface area contributed by atoms with Crippen LogP contribution in [0.1, 0.15) is 45.7 Å². The Morgan fingerprint density at radius 1 is 0.975 bits per heavy atom. The third kappa shape index (κ3) is 9.69. The average Bonchev–Trinajstić information content (AvgIpc) is 2.86. The Morgan fingerprint density at radius 2 is 1.55 bits per heavy atom. The predicted octanol–water partition coefficient (Wildman–Crippen LogP) is 4.93. The van der Waals surface area contributed by atoms with Gasteiger partial charge in [-0.25, -0.2) is 8.42 Å². The van der Waals surface area contributed by atoms with Crippen LogP contribution in [0.15, 0.2) is 36.4 Å². The molecule has 13 heteroatoms. The molecule has 2 atom stereocenters. The van der Waals surface area contributed by atoms with Gasteiger partial charge in [0.2, 0.25) is 0 Å². The molecule has 2 aromatic carbocycles. The number of hydrogen-bond acceptors (Lipinski definition) is 9. The molecular formula is C27H33Cl3O9S. The molecule has 0 saturated heterocycles. The van der Waals surface area contributed by atoms with Gasteiger partial charge >= 0.3 is 11.9 Å². The van der Waals surface area contributed by atoms with E-state index in [9.17, 15) is 23.1 Å². The fourth-order valence-electron chi connectivity index (χ4n) is 3.68. The van der Waals surface area contributed by atoms with Crippen molar-refractivity contribution in [3.05, 3.63) is 57.6 Å². The van der Waals surface area contributed by atoms with Crippen LogP contribution in [0.4, 0.5) is 0 Å². The lowest BCUT2D eigenvalue weighted by Crippen LogP contribution is -2.42. The van der Waals surface area contributed by atoms with E-state index < -0.39 is 51.6 Å². The second-order valence-electron chi connectivity index (χ2n) is 9.62. The van der Waals surface area contributed by atoms with Crippen molar-refractivity contribution in [2.75, 3.05) is 30.6 Å². The van der Waals surface area contributed by atoms with Gasteiger partial charge in [0.05, 0.1) is 21.7 Å². The minimum atomic E-state index is -3.38. The molecule has 1 unspecified atom stereocenters. The minimum absolute atomic E-state index is 0.0698. The van der Waals surface area contributed by atoms with E-state index in [-0.39, 0.29) is 33.9 Å². The van der Waals surface area contributed by atoms with Gasteiger partial charge in [-0.1, -0.05) is 56.1 Å². The SMILES string of the molecule is CCS(=O)(=O)C[C@H](COc1ccc(C(C)(C)c2cc(Cl)c(OCC(O)(CCl)OC(C)=O)c(Cl)c2)cc1)OC(C)=O. The summed E-state index contributed by atoms with van der Waals surface area (Å²) in [5, 5.41) is 10.7. The van der Waals surface area contributed by atoms with E-state index in [1.54, 1.807) is 24.3 Å². The summed E-state index contributed by atoms with van der Waals surface area (Å²) in [6.45, 7) is 7.19. The first-order valence-corrected chi connectivity index (χ1v) is 15.3. The third-order valence-corrected chi connectivity index (χ3v) is 8.67. The Morgan fingerprint density at radius 3 is 2.02 bits per heavy atom. The molecule has 0 radical (unpaired) electrons. The molecule has 0 saturated carbocycles. The molecule has 0 aliphatic carbocycles. The molecule has 0 aliphatic rings. The first kappa shape index (κ1) is 34.0. The molecule has 1 N–H and O–H groups in total. The smallest absolute Gasteiger partial charge is 0.305 e. The van der Waals surface area contributed by atoms with Crippen LogP contribution >= 0.6 is 34.8 Å². The number of aliphatic hydroxyl groups is 1. The summed E-state index contributed by atoms with van der Waals surface area (Å²) >= 11 is 18.7. The van der Waals surface area contributed by atoms with Crippen molar-refractivity contribution >= 4 is 56.6 Å². The lowest BCUT2D eigenvalue weighted by Gasteiger charge is -2.28. The van der Waals surface area contributed by atoms with Crippen molar-refractivity contribution in [2.24, 2.45) is 0 Å². The summed E-state index contributed by atoms with van der Waals surface area (Å²) in [6.07, 6.45) is -0.932. The van der Waals surface area contributed by atoms with Gasteiger partial charge < -0.3 is 24.1 Å². The van der Waals surface area contributed by atoms with Crippen LogP contribution in [0.2, 0.25) is 10.0 Å². The van der Waals surface area contributed by atoms with E-state index in [0.29, 0.717) is 5.75 Å². The number of rotatable bonds is 14. The summed E-state index contributed by atoms with van der Waals surface area (Å²) in [7, 11) is -3.38. The van der Waals surface area contributed by atoms with Crippen LogP contribution in [0, 0.1) is 0 Å². The Balaban J connectivity index is 2.18. The van der Waals surface area contributed by atoms with Crippen LogP contribution in [-0.2, 0) is 34.3 Å². The summed E-state index contributed by atoms with van der Waals surface area (Å²) in [4.78, 5) is 22.6. The first-order valence-electron chi connectivity index (χ1n) is 12.2. The van der Waals surface area contributed by atoms with E-state index >= 15 is 0 Å². The lowest BCUT2D eigenvalue weighted by molar-refractivity contribution is -0.207. The number of carbonyl (C=O) groups is 2. The second-order valence-corrected chi connectivity index (χ2v) is 13.1. The highest BCUT2D eigenvalue weighted by molar-refractivity contribution is 7.91. The van der Waals surface area contributed by atoms with Crippen molar-refractivity contribution in [1.82, 2.24) is 0 Å². The van der Waals surface area contributed by atoms with Crippen molar-refractivity contribution in [3.63, 3.8) is 0 Å². The van der Waals surface area contributed by atoms with Crippen molar-refractivity contribution in [3.8, 4) is 11.5 Å². The maximum absolute atomic E-state index is 12.0. The Labute approximate surface area is 249 Å². The molecule has 0 amide bonds. The Kier molecular flexibility index (Phi) is 12.0. The predicted molar refractivity (Wildman–Crippen MR) is 153 cm³/mol. The van der Waals surface area contributed by atoms with Gasteiger partial charge in [0.15, 0.2) is 22.2 Å². The highest BCUT2D eigenvalue weighted by Gasteiger charge is 2.32. The highest BCUT2D eigenvalue weighted by atomic mass is 35.5. The zero-order chi connectivity index (χ0) is 30.3. The number of hydrogen-bond donors (Lipinski definition) is 1. The number of esters is 2. The third-order valence-electron chi connectivity index (χ3n) is 5.93. The van der Waals surface area contributed by atoms with Gasteiger partial charge in [-0.15, -0.1) is 11.6 Å². The van der Waals surface area contributed by atoms with Gasteiger partial charge in [-0.3, -0.25) is 9.59 Å². The van der Waals surface area contributed by atoms with E-state index in [0.717, 1.165) is 18.1 Å². The summed E-state index contributed by atoms with van der Waals surface area (Å²) in [5.41, 5.74) is 1.07. The van der Waals surface area contributed by atoms with Gasteiger partial charge in [0, 0.05) is 25.0 Å². The molecular weight excluding hydrogens is 607 g/mol. The van der Waals surface area contributed by atoms with Crippen molar-refractivity contribution in [1.29, 1.82) is 0 Å². The molecule has 222 valence electrons. The Bertz CT molecular complexity index is 1270. The minimum Gasteiger partial charge on any atom is -0.490 e. The fraction of sp³-hybridized carbons (Fsp3) is 0.481. The van der Waals surface area contributed by atoms with Gasteiger partial charge in [0.1, 0.15) is 18.5 Å². The largest absolute Gasteiger partial charge is 0.490 e. The van der Waals surface area contributed by atoms with Crippen LogP contribution in [0.3, 0.4) is 0 Å². The number of halogens is 3. The van der Waals surface area contributed by atoms with Crippen molar-refractivity contribution in [2.45, 2.75) is 51.9 Å². The normalized spacial score (nSPS) is 14.1. The molecule has 0 heterocycles. The summed E-state index contributed by atoms with van der Waals surface area (Å²) in [6, 6.07) is 10.5. The monoisotopic (exact) mass is 638 g/mol. The van der Waals surface area contributed by atoms with E-state index in [1.807, 2.05) is 26.0 Å². The summed E-state index contributed by atoms with van der Waals surface area (Å²) in [5.74, 6) is -3.64. The fourth-order valence-corrected chi connectivity index (χ4v) is 5.38. The molecule has 40 heavy (non-hydrogen) atoms. The topological polar surface area (TPSA) is 125 Å². The van der Waals surface area contributed by atoms with Crippen LogP contribution < -0.4 is 9.47 Å². The van der Waals surface area contributed by atoms with Crippen LogP contribution in [-0.4, -0.2) is 68.0 Å². The molecule has 0 bridgehead atoms. The molecule has 0 aliphatic heterocycles. The molecule has 2 rings (SSSR count). The molecule has 0 aromatic heterocycles. The summed E-state index contributed by atoms with van der Waals surface area (Å²) < 4.78 is 45.2. The molecule has 9 nitrogen and oxygen atoms in total. The molecule has 0 fully saturated rings. The number of benzene rings is 2. The highest BCUT2D eigenvalue weighted by Crippen LogP contribution is 2.41. The van der Waals surface area contributed by atoms with Gasteiger partial charge in [0.25, 0.3) is 5.79 Å². The molecule has 2 aromatic rings. The van der Waals surface area contributed by atoms with Crippen LogP contribution in [0.25, 0.3) is 0 Å². The van der Waals surface area contributed by atoms with Gasteiger partial charge in [-0.05, 0) is 35.4 Å². The van der Waals surface area contributed by atoms with E-state index in [1.165, 1.54) is 13.8 Å². The quantitative estimate of drug-likeness (QED) is 0.174. The van der Waals surface area contributed by atoms with Crippen molar-refractivity contribution < 1.29 is 42.1 Å². The number of sulfone groups is 1. The lowest BCUT2D eigenvalue weighted by atomic mass is 9.78.